The Kier molecular flexibility index (Phi) is 8.04. The fourth-order valence-corrected chi connectivity index (χ4v) is 4.92. The summed E-state index contributed by atoms with van der Waals surface area (Å²) in [6.07, 6.45) is 1.72. The minimum atomic E-state index is -1.10. The van der Waals surface area contributed by atoms with Gasteiger partial charge in [0.05, 0.1) is 18.6 Å². The van der Waals surface area contributed by atoms with Crippen LogP contribution in [0.1, 0.15) is 31.7 Å². The summed E-state index contributed by atoms with van der Waals surface area (Å²) in [6, 6.07) is 6.16. The van der Waals surface area contributed by atoms with Gasteiger partial charge in [0.25, 0.3) is 0 Å². The van der Waals surface area contributed by atoms with Crippen LogP contribution in [-0.2, 0) is 25.6 Å². The van der Waals surface area contributed by atoms with Gasteiger partial charge < -0.3 is 25.7 Å². The van der Waals surface area contributed by atoms with E-state index in [4.69, 9.17) is 5.73 Å². The van der Waals surface area contributed by atoms with Crippen molar-refractivity contribution in [1.82, 2.24) is 15.1 Å². The lowest BCUT2D eigenvalue weighted by atomic mass is 9.91. The maximum absolute atomic E-state index is 13.4. The number of carboxylic acids is 2. The van der Waals surface area contributed by atoms with Crippen LogP contribution >= 0.6 is 0 Å². The van der Waals surface area contributed by atoms with E-state index in [1.807, 2.05) is 30.3 Å². The molecule has 2 saturated heterocycles. The molecule has 1 aromatic rings. The lowest BCUT2D eigenvalue weighted by Gasteiger charge is -2.39. The number of nitrogens with two attached hydrogens (primary N) is 1. The number of fused-ring (bicyclic) bond motifs is 1. The van der Waals surface area contributed by atoms with Gasteiger partial charge in [-0.15, -0.1) is 0 Å². The zero-order valence-corrected chi connectivity index (χ0v) is 18.7. The minimum Gasteiger partial charge on any atom is -0.480 e. The van der Waals surface area contributed by atoms with E-state index in [0.29, 0.717) is 25.8 Å². The highest BCUT2D eigenvalue weighted by atomic mass is 16.4. The van der Waals surface area contributed by atoms with E-state index in [0.717, 1.165) is 5.56 Å². The molecule has 0 saturated carbocycles. The van der Waals surface area contributed by atoms with Crippen LogP contribution in [0.3, 0.4) is 0 Å². The highest BCUT2D eigenvalue weighted by molar-refractivity contribution is 5.88. The van der Waals surface area contributed by atoms with Crippen LogP contribution in [0.5, 0.6) is 0 Å². The summed E-state index contributed by atoms with van der Waals surface area (Å²) in [6.45, 7) is 2.13. The van der Waals surface area contributed by atoms with Crippen LogP contribution in [0, 0.1) is 5.92 Å². The quantitative estimate of drug-likeness (QED) is 0.399. The van der Waals surface area contributed by atoms with Crippen molar-refractivity contribution in [2.75, 3.05) is 19.6 Å². The predicted molar refractivity (Wildman–Crippen MR) is 119 cm³/mol. The first-order valence-corrected chi connectivity index (χ1v) is 11.3. The number of aliphatic carboxylic acids is 2. The smallest absolute Gasteiger partial charge is 0.326 e. The number of benzene rings is 1. The molecule has 10 nitrogen and oxygen atoms in total. The number of piperidine rings is 1. The van der Waals surface area contributed by atoms with Crippen LogP contribution in [0.2, 0.25) is 0 Å². The van der Waals surface area contributed by atoms with E-state index in [1.165, 1.54) is 4.90 Å². The van der Waals surface area contributed by atoms with Gasteiger partial charge in [-0.3, -0.25) is 19.7 Å². The van der Waals surface area contributed by atoms with Crippen molar-refractivity contribution in [3.8, 4) is 0 Å². The van der Waals surface area contributed by atoms with Crippen molar-refractivity contribution in [3.05, 3.63) is 35.9 Å². The number of likely N-dealkylation sites (tertiary alicyclic amines) is 2. The van der Waals surface area contributed by atoms with E-state index in [1.54, 1.807) is 11.8 Å². The summed E-state index contributed by atoms with van der Waals surface area (Å²) in [4.78, 5) is 52.1. The van der Waals surface area contributed by atoms with Crippen molar-refractivity contribution >= 4 is 23.8 Å². The number of nitrogens with one attached hydrogen (secondary N) is 1. The van der Waals surface area contributed by atoms with Gasteiger partial charge in [-0.1, -0.05) is 30.3 Å². The van der Waals surface area contributed by atoms with E-state index < -0.39 is 42.0 Å². The Morgan fingerprint density at radius 3 is 2.48 bits per heavy atom. The second kappa shape index (κ2) is 10.8. The minimum absolute atomic E-state index is 0.0302. The van der Waals surface area contributed by atoms with Gasteiger partial charge >= 0.3 is 11.9 Å². The molecule has 2 aliphatic rings. The molecule has 0 radical (unpaired) electrons. The Bertz CT molecular complexity index is 879. The number of nitrogens with zero attached hydrogens (tertiary/aromatic N) is 2. The molecule has 2 aliphatic heterocycles. The summed E-state index contributed by atoms with van der Waals surface area (Å²) in [5.41, 5.74) is 6.47. The number of carbonyl (C=O) groups is 4. The Morgan fingerprint density at radius 2 is 1.88 bits per heavy atom. The van der Waals surface area contributed by atoms with Crippen molar-refractivity contribution in [1.29, 1.82) is 0 Å². The van der Waals surface area contributed by atoms with Gasteiger partial charge in [-0.25, -0.2) is 4.79 Å². The highest BCUT2D eigenvalue weighted by Crippen LogP contribution is 2.36. The molecule has 10 heteroatoms. The lowest BCUT2D eigenvalue weighted by Crippen LogP contribution is -2.59. The Balaban J connectivity index is 1.71. The van der Waals surface area contributed by atoms with Gasteiger partial charge in [0.1, 0.15) is 12.1 Å². The maximum atomic E-state index is 13.4. The third kappa shape index (κ3) is 5.69. The average Bonchev–Trinajstić information content (AvgIpc) is 3.20. The molecule has 180 valence electrons. The summed E-state index contributed by atoms with van der Waals surface area (Å²) in [5.74, 6) is -2.91. The lowest BCUT2D eigenvalue weighted by molar-refractivity contribution is -0.152. The molecule has 0 spiro atoms. The molecule has 33 heavy (non-hydrogen) atoms. The standard InChI is InChI=1S/C23H32N4O6/c1-14(25-17(22(30)31)8-7-15-5-3-2-4-6-15)21(29)27-18(23(32)33)11-16-9-10-26(13-19(16)27)20(28)12-24/h2-6,14,16-19,25H,7-13,24H2,1H3,(H,30,31)(H,32,33)/t14-,16-,17-,18+,19+/m1/s1. The van der Waals surface area contributed by atoms with Gasteiger partial charge in [-0.05, 0) is 44.1 Å². The molecule has 2 heterocycles. The zero-order valence-electron chi connectivity index (χ0n) is 18.7. The summed E-state index contributed by atoms with van der Waals surface area (Å²) >= 11 is 0. The molecule has 0 bridgehead atoms. The van der Waals surface area contributed by atoms with Gasteiger partial charge in [0, 0.05) is 13.1 Å². The van der Waals surface area contributed by atoms with Crippen molar-refractivity contribution in [2.45, 2.75) is 56.8 Å². The first-order valence-electron chi connectivity index (χ1n) is 11.3. The second-order valence-electron chi connectivity index (χ2n) is 8.80. The van der Waals surface area contributed by atoms with Crippen LogP contribution in [0.15, 0.2) is 30.3 Å². The van der Waals surface area contributed by atoms with Crippen LogP contribution in [0.25, 0.3) is 0 Å². The van der Waals surface area contributed by atoms with E-state index >= 15 is 0 Å². The number of aryl methyl sites for hydroxylation is 1. The van der Waals surface area contributed by atoms with Crippen LogP contribution in [-0.4, -0.2) is 87.6 Å². The van der Waals surface area contributed by atoms with Gasteiger partial charge in [0.2, 0.25) is 11.8 Å². The van der Waals surface area contributed by atoms with Crippen LogP contribution < -0.4 is 11.1 Å². The molecular weight excluding hydrogens is 428 g/mol. The Morgan fingerprint density at radius 1 is 1.18 bits per heavy atom. The topological polar surface area (TPSA) is 153 Å². The van der Waals surface area contributed by atoms with E-state index in [2.05, 4.69) is 5.32 Å². The molecular formula is C23H32N4O6. The molecule has 5 atom stereocenters. The third-order valence-electron chi connectivity index (χ3n) is 6.69. The molecule has 5 N–H and O–H groups in total. The highest BCUT2D eigenvalue weighted by Gasteiger charge is 2.50. The van der Waals surface area contributed by atoms with Crippen molar-refractivity contribution < 1.29 is 29.4 Å². The number of carboxylic acid groups (broad SMARTS) is 2. The fourth-order valence-electron chi connectivity index (χ4n) is 4.92. The molecule has 2 amide bonds. The zero-order chi connectivity index (χ0) is 24.1. The Labute approximate surface area is 192 Å². The summed E-state index contributed by atoms with van der Waals surface area (Å²) < 4.78 is 0. The number of hydrogen-bond acceptors (Lipinski definition) is 6. The number of amides is 2. The predicted octanol–water partition coefficient (Wildman–Crippen LogP) is -0.0882. The number of rotatable bonds is 9. The summed E-state index contributed by atoms with van der Waals surface area (Å²) in [7, 11) is 0. The first kappa shape index (κ1) is 24.7. The molecule has 2 fully saturated rings. The normalized spacial score (nSPS) is 24.1. The number of carbonyl (C=O) groups excluding carboxylic acids is 2. The van der Waals surface area contributed by atoms with Gasteiger partial charge in [-0.2, -0.15) is 0 Å². The summed E-state index contributed by atoms with van der Waals surface area (Å²) in [5, 5.41) is 22.3. The van der Waals surface area contributed by atoms with Crippen molar-refractivity contribution in [2.24, 2.45) is 11.7 Å². The molecule has 3 rings (SSSR count). The largest absolute Gasteiger partial charge is 0.480 e. The first-order chi connectivity index (χ1) is 15.7. The average molecular weight is 461 g/mol. The third-order valence-corrected chi connectivity index (χ3v) is 6.69. The van der Waals surface area contributed by atoms with E-state index in [9.17, 15) is 29.4 Å². The van der Waals surface area contributed by atoms with E-state index in [-0.39, 0.29) is 31.3 Å². The number of hydrogen-bond donors (Lipinski definition) is 4. The molecule has 1 aromatic carbocycles. The monoisotopic (exact) mass is 460 g/mol. The fraction of sp³-hybridized carbons (Fsp3) is 0.565. The van der Waals surface area contributed by atoms with Gasteiger partial charge in [0.15, 0.2) is 0 Å². The molecule has 0 aliphatic carbocycles. The molecule has 0 aromatic heterocycles. The molecule has 0 unspecified atom stereocenters. The SMILES string of the molecule is C[C@@H](N[C@H](CCc1ccccc1)C(=O)O)C(=O)N1[C@H](C(=O)O)C[C@H]2CCN(C(=O)CN)C[C@@H]21. The Hall–Kier alpha value is -2.98. The van der Waals surface area contributed by atoms with Crippen LogP contribution in [0.4, 0.5) is 0 Å². The second-order valence-corrected chi connectivity index (χ2v) is 8.80. The van der Waals surface area contributed by atoms with Crippen molar-refractivity contribution in [3.63, 3.8) is 0 Å². The maximum Gasteiger partial charge on any atom is 0.326 e.